The number of benzene rings is 1. The molecule has 0 bridgehead atoms. The fourth-order valence-electron chi connectivity index (χ4n) is 1.60. The van der Waals surface area contributed by atoms with Crippen LogP contribution in [0.1, 0.15) is 25.5 Å². The first-order chi connectivity index (χ1) is 8.21. The molecule has 0 aromatic heterocycles. The van der Waals surface area contributed by atoms with Crippen molar-refractivity contribution in [2.24, 2.45) is 11.1 Å². The first-order valence-electron chi connectivity index (χ1n) is 5.20. The minimum absolute atomic E-state index is 0.0724. The maximum absolute atomic E-state index is 13.7. The lowest BCUT2D eigenvalue weighted by atomic mass is 9.80. The first kappa shape index (κ1) is 14.9. The second-order valence-corrected chi connectivity index (χ2v) is 4.91. The number of halogens is 3. The highest BCUT2D eigenvalue weighted by Gasteiger charge is 2.39. The van der Waals surface area contributed by atoms with Crippen LogP contribution in [0, 0.1) is 17.0 Å². The fraction of sp³-hybridized carbons (Fsp3) is 0.417. The summed E-state index contributed by atoms with van der Waals surface area (Å²) in [5.41, 5.74) is 4.14. The Bertz CT molecular complexity index is 454. The first-order valence-corrected chi connectivity index (χ1v) is 5.58. The number of carbonyl (C=O) groups is 1. The van der Waals surface area contributed by atoms with E-state index in [0.29, 0.717) is 0 Å². The van der Waals surface area contributed by atoms with E-state index in [0.717, 1.165) is 12.1 Å². The van der Waals surface area contributed by atoms with Crippen LogP contribution in [0.3, 0.4) is 0 Å². The smallest absolute Gasteiger partial charge is 0.313 e. The maximum atomic E-state index is 13.7. The zero-order valence-electron chi connectivity index (χ0n) is 10.3. The van der Waals surface area contributed by atoms with Gasteiger partial charge in [0.1, 0.15) is 11.6 Å². The lowest BCUT2D eigenvalue weighted by molar-refractivity contribution is -0.152. The monoisotopic (exact) mass is 277 g/mol. The minimum Gasteiger partial charge on any atom is -0.469 e. The van der Waals surface area contributed by atoms with E-state index in [1.165, 1.54) is 21.0 Å². The Morgan fingerprint density at radius 2 is 1.83 bits per heavy atom. The van der Waals surface area contributed by atoms with Gasteiger partial charge >= 0.3 is 5.97 Å². The average Bonchev–Trinajstić information content (AvgIpc) is 2.26. The molecule has 0 aliphatic carbocycles. The van der Waals surface area contributed by atoms with Gasteiger partial charge in [-0.3, -0.25) is 4.79 Å². The van der Waals surface area contributed by atoms with Gasteiger partial charge in [-0.1, -0.05) is 11.6 Å². The Kier molecular flexibility index (Phi) is 4.29. The van der Waals surface area contributed by atoms with E-state index in [4.69, 9.17) is 17.3 Å². The number of nitrogens with two attached hydrogens (primary N) is 1. The predicted molar refractivity (Wildman–Crippen MR) is 64.1 cm³/mol. The Hall–Kier alpha value is -1.20. The minimum atomic E-state index is -1.26. The molecule has 3 nitrogen and oxygen atoms in total. The van der Waals surface area contributed by atoms with Crippen LogP contribution >= 0.6 is 11.6 Å². The van der Waals surface area contributed by atoms with Gasteiger partial charge in [0.25, 0.3) is 0 Å². The van der Waals surface area contributed by atoms with Crippen molar-refractivity contribution in [3.8, 4) is 0 Å². The molecule has 1 aromatic carbocycles. The van der Waals surface area contributed by atoms with Crippen LogP contribution in [0.25, 0.3) is 0 Å². The number of rotatable bonds is 3. The van der Waals surface area contributed by atoms with Gasteiger partial charge in [-0.2, -0.15) is 0 Å². The van der Waals surface area contributed by atoms with Crippen molar-refractivity contribution in [2.75, 3.05) is 7.11 Å². The van der Waals surface area contributed by atoms with Gasteiger partial charge in [0.15, 0.2) is 0 Å². The average molecular weight is 278 g/mol. The molecule has 1 atom stereocenters. The molecular weight excluding hydrogens is 264 g/mol. The normalized spacial score (nSPS) is 13.3. The molecule has 0 radical (unpaired) electrons. The maximum Gasteiger partial charge on any atom is 0.313 e. The second kappa shape index (κ2) is 5.20. The Morgan fingerprint density at radius 1 is 1.39 bits per heavy atom. The lowest BCUT2D eigenvalue weighted by Crippen LogP contribution is -2.38. The summed E-state index contributed by atoms with van der Waals surface area (Å²) in [6, 6.07) is 0.725. The molecule has 0 saturated carbocycles. The molecule has 0 saturated heterocycles. The zero-order valence-corrected chi connectivity index (χ0v) is 11.0. The largest absolute Gasteiger partial charge is 0.469 e. The molecule has 18 heavy (non-hydrogen) atoms. The van der Waals surface area contributed by atoms with E-state index in [-0.39, 0.29) is 10.6 Å². The van der Waals surface area contributed by atoms with E-state index in [2.05, 4.69) is 4.74 Å². The highest BCUT2D eigenvalue weighted by molar-refractivity contribution is 6.30. The highest BCUT2D eigenvalue weighted by Crippen LogP contribution is 2.36. The van der Waals surface area contributed by atoms with E-state index in [1.54, 1.807) is 0 Å². The van der Waals surface area contributed by atoms with Crippen molar-refractivity contribution in [3.05, 3.63) is 34.4 Å². The summed E-state index contributed by atoms with van der Waals surface area (Å²) in [4.78, 5) is 11.6. The highest BCUT2D eigenvalue weighted by atomic mass is 35.5. The molecule has 100 valence electrons. The van der Waals surface area contributed by atoms with E-state index in [1.807, 2.05) is 0 Å². The molecule has 0 heterocycles. The molecule has 2 N–H and O–H groups in total. The predicted octanol–water partition coefficient (Wildman–Crippen LogP) is 2.82. The standard InChI is InChI=1S/C12H14ClF2NO2/c1-12(2,11(17)18-3)10(16)9-7(14)4-6(13)5-8(9)15/h4-5,10H,16H2,1-3H3/t10-/m1/s1. The van der Waals surface area contributed by atoms with Gasteiger partial charge in [-0.05, 0) is 26.0 Å². The van der Waals surface area contributed by atoms with Gasteiger partial charge < -0.3 is 10.5 Å². The van der Waals surface area contributed by atoms with Crippen LogP contribution in [0.4, 0.5) is 8.78 Å². The van der Waals surface area contributed by atoms with Crippen molar-refractivity contribution in [1.29, 1.82) is 0 Å². The molecule has 0 spiro atoms. The summed E-state index contributed by atoms with van der Waals surface area (Å²) >= 11 is 5.52. The van der Waals surface area contributed by atoms with Gasteiger partial charge in [0, 0.05) is 10.6 Å². The van der Waals surface area contributed by atoms with Crippen molar-refractivity contribution >= 4 is 17.6 Å². The molecular formula is C12H14ClF2NO2. The van der Waals surface area contributed by atoms with Crippen molar-refractivity contribution in [2.45, 2.75) is 19.9 Å². The Balaban J connectivity index is 3.27. The number of hydrogen-bond acceptors (Lipinski definition) is 3. The quantitative estimate of drug-likeness (QED) is 0.865. The van der Waals surface area contributed by atoms with Gasteiger partial charge in [0.2, 0.25) is 0 Å². The summed E-state index contributed by atoms with van der Waals surface area (Å²) in [6.45, 7) is 2.91. The molecule has 6 heteroatoms. The van der Waals surface area contributed by atoms with Crippen LogP contribution in [0.15, 0.2) is 12.1 Å². The second-order valence-electron chi connectivity index (χ2n) is 4.47. The van der Waals surface area contributed by atoms with Crippen LogP contribution in [0.2, 0.25) is 5.02 Å². The van der Waals surface area contributed by atoms with Gasteiger partial charge in [-0.15, -0.1) is 0 Å². The van der Waals surface area contributed by atoms with Gasteiger partial charge in [-0.25, -0.2) is 8.78 Å². The molecule has 0 aliphatic rings. The summed E-state index contributed by atoms with van der Waals surface area (Å²) in [6.07, 6.45) is 0. The summed E-state index contributed by atoms with van der Waals surface area (Å²) in [5.74, 6) is -2.42. The van der Waals surface area contributed by atoms with E-state index < -0.39 is 29.1 Å². The Labute approximate surface area is 109 Å². The zero-order chi connectivity index (χ0) is 14.1. The third kappa shape index (κ3) is 2.62. The molecule has 0 aliphatic heterocycles. The topological polar surface area (TPSA) is 52.3 Å². The third-order valence-corrected chi connectivity index (χ3v) is 3.06. The van der Waals surface area contributed by atoms with E-state index >= 15 is 0 Å². The van der Waals surface area contributed by atoms with Crippen molar-refractivity contribution < 1.29 is 18.3 Å². The molecule has 1 aromatic rings. The molecule has 0 unspecified atom stereocenters. The summed E-state index contributed by atoms with van der Waals surface area (Å²) in [7, 11) is 1.19. The summed E-state index contributed by atoms with van der Waals surface area (Å²) < 4.78 is 32.0. The number of ether oxygens (including phenoxy) is 1. The van der Waals surface area contributed by atoms with Crippen molar-refractivity contribution in [3.63, 3.8) is 0 Å². The molecule has 1 rings (SSSR count). The van der Waals surface area contributed by atoms with Crippen LogP contribution in [-0.4, -0.2) is 13.1 Å². The van der Waals surface area contributed by atoms with Crippen LogP contribution in [-0.2, 0) is 9.53 Å². The van der Waals surface area contributed by atoms with E-state index in [9.17, 15) is 13.6 Å². The van der Waals surface area contributed by atoms with Gasteiger partial charge in [0.05, 0.1) is 18.6 Å². The number of esters is 1. The molecule has 0 amide bonds. The SMILES string of the molecule is COC(=O)C(C)(C)[C@H](N)c1c(F)cc(Cl)cc1F. The lowest BCUT2D eigenvalue weighted by Gasteiger charge is -2.29. The molecule has 0 fully saturated rings. The Morgan fingerprint density at radius 3 is 2.22 bits per heavy atom. The number of methoxy groups -OCH3 is 1. The number of carbonyl (C=O) groups excluding carboxylic acids is 1. The fourth-order valence-corrected chi connectivity index (χ4v) is 1.79. The summed E-state index contributed by atoms with van der Waals surface area (Å²) in [5, 5.41) is -0.0724. The third-order valence-electron chi connectivity index (χ3n) is 2.84. The van der Waals surface area contributed by atoms with Crippen LogP contribution < -0.4 is 5.73 Å². The number of hydrogen-bond donors (Lipinski definition) is 1. The van der Waals surface area contributed by atoms with Crippen LogP contribution in [0.5, 0.6) is 0 Å². The van der Waals surface area contributed by atoms with Crippen molar-refractivity contribution in [1.82, 2.24) is 0 Å².